The van der Waals surface area contributed by atoms with Gasteiger partial charge in [-0.15, -0.1) is 0 Å². The number of aromatic nitrogens is 2. The fourth-order valence-corrected chi connectivity index (χ4v) is 1.47. The van der Waals surface area contributed by atoms with Crippen LogP contribution in [0.2, 0.25) is 0 Å². The van der Waals surface area contributed by atoms with Crippen LogP contribution in [0.15, 0.2) is 36.5 Å². The van der Waals surface area contributed by atoms with Gasteiger partial charge in [-0.2, -0.15) is 5.10 Å². The Kier molecular flexibility index (Phi) is 3.80. The van der Waals surface area contributed by atoms with E-state index in [2.05, 4.69) is 15.5 Å². The fourth-order valence-electron chi connectivity index (χ4n) is 1.47. The third-order valence-electron chi connectivity index (χ3n) is 2.31. The van der Waals surface area contributed by atoms with E-state index in [9.17, 15) is 4.79 Å². The first kappa shape index (κ1) is 12.0. The molecule has 0 fully saturated rings. The first-order valence-electron chi connectivity index (χ1n) is 5.45. The molecule has 1 aromatic heterocycles. The van der Waals surface area contributed by atoms with Crippen LogP contribution in [0.3, 0.4) is 0 Å². The fraction of sp³-hybridized carbons (Fsp3) is 0.167. The van der Waals surface area contributed by atoms with Gasteiger partial charge in [0.25, 0.3) is 0 Å². The topological polar surface area (TPSA) is 87.2 Å². The Morgan fingerprint density at radius 1 is 1.33 bits per heavy atom. The molecule has 2 aromatic rings. The normalized spacial score (nSPS) is 10.0. The van der Waals surface area contributed by atoms with Gasteiger partial charge in [0.1, 0.15) is 12.4 Å². The largest absolute Gasteiger partial charge is 0.492 e. The van der Waals surface area contributed by atoms with Crippen LogP contribution in [0.1, 0.15) is 0 Å². The molecule has 0 atom stereocenters. The summed E-state index contributed by atoms with van der Waals surface area (Å²) in [5, 5.41) is 17.4. The van der Waals surface area contributed by atoms with E-state index in [0.717, 1.165) is 11.3 Å². The summed E-state index contributed by atoms with van der Waals surface area (Å²) in [6.45, 7) is 0.563. The highest BCUT2D eigenvalue weighted by molar-refractivity contribution is 5.64. The van der Waals surface area contributed by atoms with Gasteiger partial charge in [0.15, 0.2) is 0 Å². The zero-order valence-electron chi connectivity index (χ0n) is 9.59. The number of hydrogen-bond acceptors (Lipinski definition) is 3. The molecule has 0 spiro atoms. The molecule has 0 saturated carbocycles. The highest BCUT2D eigenvalue weighted by Gasteiger charge is 2.00. The van der Waals surface area contributed by atoms with E-state index in [1.807, 2.05) is 30.3 Å². The second kappa shape index (κ2) is 5.72. The lowest BCUT2D eigenvalue weighted by atomic mass is 10.1. The van der Waals surface area contributed by atoms with Crippen molar-refractivity contribution in [2.75, 3.05) is 13.2 Å². The van der Waals surface area contributed by atoms with Gasteiger partial charge in [0.05, 0.1) is 12.2 Å². The van der Waals surface area contributed by atoms with Crippen molar-refractivity contribution in [2.45, 2.75) is 0 Å². The van der Waals surface area contributed by atoms with Gasteiger partial charge in [0, 0.05) is 6.20 Å². The van der Waals surface area contributed by atoms with Crippen LogP contribution in [0.4, 0.5) is 4.79 Å². The van der Waals surface area contributed by atoms with Gasteiger partial charge in [0.2, 0.25) is 0 Å². The second-order valence-electron chi connectivity index (χ2n) is 3.58. The summed E-state index contributed by atoms with van der Waals surface area (Å²) in [5.41, 5.74) is 1.96. The number of amides is 1. The first-order valence-corrected chi connectivity index (χ1v) is 5.45. The minimum Gasteiger partial charge on any atom is -0.492 e. The van der Waals surface area contributed by atoms with E-state index >= 15 is 0 Å². The molecule has 0 aliphatic rings. The number of H-pyrrole nitrogens is 1. The Bertz CT molecular complexity index is 494. The molecule has 0 bridgehead atoms. The number of hydrogen-bond donors (Lipinski definition) is 3. The van der Waals surface area contributed by atoms with Gasteiger partial charge in [-0.3, -0.25) is 5.10 Å². The number of carboxylic acid groups (broad SMARTS) is 1. The molecule has 3 N–H and O–H groups in total. The van der Waals surface area contributed by atoms with Gasteiger partial charge in [-0.25, -0.2) is 4.79 Å². The van der Waals surface area contributed by atoms with E-state index in [-0.39, 0.29) is 6.54 Å². The smallest absolute Gasteiger partial charge is 0.404 e. The van der Waals surface area contributed by atoms with Crippen molar-refractivity contribution in [3.63, 3.8) is 0 Å². The zero-order chi connectivity index (χ0) is 12.8. The Balaban J connectivity index is 1.86. The average molecular weight is 247 g/mol. The molecule has 94 valence electrons. The Hall–Kier alpha value is -2.50. The maximum Gasteiger partial charge on any atom is 0.404 e. The Morgan fingerprint density at radius 2 is 2.11 bits per heavy atom. The lowest BCUT2D eigenvalue weighted by Crippen LogP contribution is -2.26. The van der Waals surface area contributed by atoms with Crippen LogP contribution in [0.25, 0.3) is 11.3 Å². The first-order chi connectivity index (χ1) is 8.75. The van der Waals surface area contributed by atoms with Crippen molar-refractivity contribution < 1.29 is 14.6 Å². The quantitative estimate of drug-likeness (QED) is 0.702. The van der Waals surface area contributed by atoms with E-state index in [1.165, 1.54) is 0 Å². The number of nitrogens with one attached hydrogen (secondary N) is 2. The van der Waals surface area contributed by atoms with Crippen molar-refractivity contribution in [3.8, 4) is 17.0 Å². The second-order valence-corrected chi connectivity index (χ2v) is 3.58. The molecule has 1 amide bonds. The van der Waals surface area contributed by atoms with Gasteiger partial charge >= 0.3 is 6.09 Å². The third-order valence-corrected chi connectivity index (χ3v) is 2.31. The van der Waals surface area contributed by atoms with E-state index in [4.69, 9.17) is 9.84 Å². The van der Waals surface area contributed by atoms with Crippen LogP contribution in [0, 0.1) is 0 Å². The maximum atomic E-state index is 10.2. The standard InChI is InChI=1S/C12H13N3O3/c16-12(17)13-7-8-18-10-3-1-9(2-4-10)11-5-6-14-15-11/h1-6,13H,7-8H2,(H,14,15)(H,16,17). The highest BCUT2D eigenvalue weighted by atomic mass is 16.5. The van der Waals surface area contributed by atoms with Crippen molar-refractivity contribution in [1.29, 1.82) is 0 Å². The number of benzene rings is 1. The van der Waals surface area contributed by atoms with Crippen molar-refractivity contribution >= 4 is 6.09 Å². The average Bonchev–Trinajstić information content (AvgIpc) is 2.89. The molecule has 1 heterocycles. The summed E-state index contributed by atoms with van der Waals surface area (Å²) in [7, 11) is 0. The molecular formula is C12H13N3O3. The van der Waals surface area contributed by atoms with E-state index < -0.39 is 6.09 Å². The van der Waals surface area contributed by atoms with Crippen LogP contribution >= 0.6 is 0 Å². The van der Waals surface area contributed by atoms with Gasteiger partial charge in [-0.1, -0.05) is 0 Å². The summed E-state index contributed by atoms with van der Waals surface area (Å²) >= 11 is 0. The number of ether oxygens (including phenoxy) is 1. The van der Waals surface area contributed by atoms with Crippen molar-refractivity contribution in [1.82, 2.24) is 15.5 Å². The molecule has 6 heteroatoms. The summed E-state index contributed by atoms with van der Waals surface area (Å²) < 4.78 is 5.38. The third kappa shape index (κ3) is 3.24. The molecule has 2 rings (SSSR count). The molecule has 1 aromatic carbocycles. The van der Waals surface area contributed by atoms with Crippen LogP contribution < -0.4 is 10.1 Å². The van der Waals surface area contributed by atoms with Crippen molar-refractivity contribution in [3.05, 3.63) is 36.5 Å². The molecule has 0 aliphatic heterocycles. The number of nitrogens with zero attached hydrogens (tertiary/aromatic N) is 1. The minimum atomic E-state index is -1.05. The number of aromatic amines is 1. The highest BCUT2D eigenvalue weighted by Crippen LogP contribution is 2.19. The maximum absolute atomic E-state index is 10.2. The molecule has 6 nitrogen and oxygen atoms in total. The molecule has 18 heavy (non-hydrogen) atoms. The molecular weight excluding hydrogens is 234 g/mol. The van der Waals surface area contributed by atoms with E-state index in [1.54, 1.807) is 6.20 Å². The van der Waals surface area contributed by atoms with Gasteiger partial charge in [-0.05, 0) is 35.9 Å². The van der Waals surface area contributed by atoms with Crippen LogP contribution in [0.5, 0.6) is 5.75 Å². The van der Waals surface area contributed by atoms with Crippen LogP contribution in [-0.2, 0) is 0 Å². The molecule has 0 saturated heterocycles. The lowest BCUT2D eigenvalue weighted by molar-refractivity contribution is 0.191. The summed E-state index contributed by atoms with van der Waals surface area (Å²) in [6, 6.07) is 9.36. The van der Waals surface area contributed by atoms with E-state index in [0.29, 0.717) is 12.4 Å². The number of rotatable bonds is 5. The molecule has 0 radical (unpaired) electrons. The zero-order valence-corrected chi connectivity index (χ0v) is 9.59. The summed E-state index contributed by atoms with van der Waals surface area (Å²) in [5.74, 6) is 0.699. The monoisotopic (exact) mass is 247 g/mol. The summed E-state index contributed by atoms with van der Waals surface area (Å²) in [6.07, 6.45) is 0.644. The Morgan fingerprint density at radius 3 is 2.72 bits per heavy atom. The predicted molar refractivity (Wildman–Crippen MR) is 65.5 cm³/mol. The SMILES string of the molecule is O=C(O)NCCOc1ccc(-c2ccn[nH]2)cc1. The number of carbonyl (C=O) groups is 1. The predicted octanol–water partition coefficient (Wildman–Crippen LogP) is 1.72. The summed E-state index contributed by atoms with van der Waals surface area (Å²) in [4.78, 5) is 10.2. The lowest BCUT2D eigenvalue weighted by Gasteiger charge is -2.06. The van der Waals surface area contributed by atoms with Crippen molar-refractivity contribution in [2.24, 2.45) is 0 Å². The molecule has 0 unspecified atom stereocenters. The molecule has 0 aliphatic carbocycles. The minimum absolute atomic E-state index is 0.262. The van der Waals surface area contributed by atoms with Crippen LogP contribution in [-0.4, -0.2) is 34.5 Å². The Labute approximate surface area is 104 Å². The van der Waals surface area contributed by atoms with Gasteiger partial charge < -0.3 is 15.2 Å².